The van der Waals surface area contributed by atoms with Gasteiger partial charge in [-0.25, -0.2) is 4.39 Å². The number of hydrogen-bond donors (Lipinski definition) is 3. The Hall–Kier alpha value is -3.36. The van der Waals surface area contributed by atoms with Crippen LogP contribution in [0, 0.1) is 5.82 Å². The molecule has 0 spiro atoms. The number of nitrogens with zero attached hydrogens (tertiary/aromatic N) is 1. The molecule has 0 aliphatic rings. The number of rotatable bonds is 8. The SMILES string of the molecule is CN=C(NCCc1c[nH]c2cc(F)ccc12)NCc1cc(OC)ccc1OC(F)F. The molecule has 0 saturated carbocycles. The maximum Gasteiger partial charge on any atom is 0.387 e. The molecule has 0 saturated heterocycles. The van der Waals surface area contributed by atoms with Crippen LogP contribution in [0.4, 0.5) is 13.2 Å². The molecule has 160 valence electrons. The molecule has 3 aromatic rings. The third-order valence-corrected chi connectivity index (χ3v) is 4.57. The predicted octanol–water partition coefficient (Wildman–Crippen LogP) is 3.82. The van der Waals surface area contributed by atoms with Gasteiger partial charge in [0.1, 0.15) is 17.3 Å². The molecule has 0 aliphatic carbocycles. The summed E-state index contributed by atoms with van der Waals surface area (Å²) in [7, 11) is 3.12. The van der Waals surface area contributed by atoms with Gasteiger partial charge in [0.15, 0.2) is 5.96 Å². The number of nitrogens with one attached hydrogen (secondary N) is 3. The molecular formula is C21H23F3N4O2. The number of alkyl halides is 2. The minimum atomic E-state index is -2.92. The Morgan fingerprint density at radius 3 is 2.70 bits per heavy atom. The molecular weight excluding hydrogens is 397 g/mol. The van der Waals surface area contributed by atoms with Crippen LogP contribution in [-0.2, 0) is 13.0 Å². The molecule has 3 N–H and O–H groups in total. The lowest BCUT2D eigenvalue weighted by Gasteiger charge is -2.15. The third kappa shape index (κ3) is 5.37. The second kappa shape index (κ2) is 9.91. The first-order chi connectivity index (χ1) is 14.5. The Balaban J connectivity index is 1.58. The van der Waals surface area contributed by atoms with Gasteiger partial charge in [-0.2, -0.15) is 8.78 Å². The number of aliphatic imine (C=N–C) groups is 1. The number of hydrogen-bond acceptors (Lipinski definition) is 3. The first-order valence-electron chi connectivity index (χ1n) is 9.32. The van der Waals surface area contributed by atoms with Crippen molar-refractivity contribution in [1.29, 1.82) is 0 Å². The van der Waals surface area contributed by atoms with E-state index in [2.05, 4.69) is 25.3 Å². The summed E-state index contributed by atoms with van der Waals surface area (Å²) in [6, 6.07) is 9.26. The fraction of sp³-hybridized carbons (Fsp3) is 0.286. The summed E-state index contributed by atoms with van der Waals surface area (Å²) >= 11 is 0. The molecule has 0 amide bonds. The number of aromatic amines is 1. The number of benzene rings is 2. The van der Waals surface area contributed by atoms with Crippen molar-refractivity contribution in [3.05, 3.63) is 59.5 Å². The lowest BCUT2D eigenvalue weighted by atomic mass is 10.1. The maximum atomic E-state index is 13.3. The van der Waals surface area contributed by atoms with Crippen LogP contribution in [0.2, 0.25) is 0 Å². The van der Waals surface area contributed by atoms with Crippen LogP contribution in [-0.4, -0.2) is 38.3 Å². The topological polar surface area (TPSA) is 70.7 Å². The smallest absolute Gasteiger partial charge is 0.387 e. The fourth-order valence-corrected chi connectivity index (χ4v) is 3.11. The van der Waals surface area contributed by atoms with E-state index in [-0.39, 0.29) is 18.1 Å². The Kier molecular flexibility index (Phi) is 7.05. The van der Waals surface area contributed by atoms with Crippen LogP contribution in [0.15, 0.2) is 47.6 Å². The molecule has 0 unspecified atom stereocenters. The van der Waals surface area contributed by atoms with Crippen molar-refractivity contribution in [1.82, 2.24) is 15.6 Å². The average Bonchev–Trinajstić information content (AvgIpc) is 3.12. The van der Waals surface area contributed by atoms with E-state index in [4.69, 9.17) is 4.74 Å². The Morgan fingerprint density at radius 2 is 1.97 bits per heavy atom. The molecule has 1 heterocycles. The van der Waals surface area contributed by atoms with Crippen molar-refractivity contribution in [3.8, 4) is 11.5 Å². The molecule has 0 aliphatic heterocycles. The summed E-state index contributed by atoms with van der Waals surface area (Å²) in [5.41, 5.74) is 2.31. The lowest BCUT2D eigenvalue weighted by molar-refractivity contribution is -0.0504. The second-order valence-electron chi connectivity index (χ2n) is 6.46. The van der Waals surface area contributed by atoms with E-state index in [1.54, 1.807) is 25.2 Å². The highest BCUT2D eigenvalue weighted by molar-refractivity contribution is 5.83. The van der Waals surface area contributed by atoms with Gasteiger partial charge in [-0.1, -0.05) is 0 Å². The molecule has 0 atom stereocenters. The standard InChI is InChI=1S/C21H23F3N4O2/c1-25-21(26-8-7-13-11-27-18-10-15(22)3-5-17(13)18)28-12-14-9-16(29-2)4-6-19(14)30-20(23)24/h3-6,9-11,20,27H,7-8,12H2,1-2H3,(H2,25,26,28). The van der Waals surface area contributed by atoms with Gasteiger partial charge in [0, 0.05) is 42.8 Å². The van der Waals surface area contributed by atoms with Gasteiger partial charge in [-0.15, -0.1) is 0 Å². The van der Waals surface area contributed by atoms with Crippen LogP contribution < -0.4 is 20.1 Å². The van der Waals surface area contributed by atoms with E-state index < -0.39 is 6.61 Å². The zero-order valence-corrected chi connectivity index (χ0v) is 16.6. The van der Waals surface area contributed by atoms with Crippen LogP contribution in [0.25, 0.3) is 10.9 Å². The number of methoxy groups -OCH3 is 1. The average molecular weight is 420 g/mol. The first kappa shape index (κ1) is 21.4. The summed E-state index contributed by atoms with van der Waals surface area (Å²) in [5.74, 6) is 0.824. The number of ether oxygens (including phenoxy) is 2. The van der Waals surface area contributed by atoms with Gasteiger partial charge in [-0.05, 0) is 48.4 Å². The predicted molar refractivity (Wildman–Crippen MR) is 110 cm³/mol. The number of fused-ring (bicyclic) bond motifs is 1. The van der Waals surface area contributed by atoms with E-state index in [1.165, 1.54) is 25.3 Å². The van der Waals surface area contributed by atoms with Gasteiger partial charge in [-0.3, -0.25) is 4.99 Å². The van der Waals surface area contributed by atoms with Crippen molar-refractivity contribution >= 4 is 16.9 Å². The molecule has 0 bridgehead atoms. The first-order valence-corrected chi connectivity index (χ1v) is 9.32. The molecule has 6 nitrogen and oxygen atoms in total. The Labute approximate surface area is 172 Å². The Bertz CT molecular complexity index is 1020. The van der Waals surface area contributed by atoms with E-state index in [9.17, 15) is 13.2 Å². The number of halogens is 3. The monoisotopic (exact) mass is 420 g/mol. The van der Waals surface area contributed by atoms with Crippen molar-refractivity contribution in [3.63, 3.8) is 0 Å². The van der Waals surface area contributed by atoms with Crippen molar-refractivity contribution in [2.45, 2.75) is 19.6 Å². The molecule has 30 heavy (non-hydrogen) atoms. The normalized spacial score (nSPS) is 11.7. The molecule has 0 radical (unpaired) electrons. The van der Waals surface area contributed by atoms with Crippen LogP contribution >= 0.6 is 0 Å². The zero-order valence-electron chi connectivity index (χ0n) is 16.6. The summed E-state index contributed by atoms with van der Waals surface area (Å²) in [6.45, 7) is -2.13. The van der Waals surface area contributed by atoms with Crippen LogP contribution in [0.1, 0.15) is 11.1 Å². The molecule has 0 fully saturated rings. The Morgan fingerprint density at radius 1 is 1.13 bits per heavy atom. The van der Waals surface area contributed by atoms with E-state index in [0.717, 1.165) is 16.5 Å². The highest BCUT2D eigenvalue weighted by Crippen LogP contribution is 2.25. The van der Waals surface area contributed by atoms with Crippen LogP contribution in [0.5, 0.6) is 11.5 Å². The number of aromatic nitrogens is 1. The van der Waals surface area contributed by atoms with Gasteiger partial charge in [0.05, 0.1) is 7.11 Å². The number of guanidine groups is 1. The van der Waals surface area contributed by atoms with E-state index in [1.807, 2.05) is 6.20 Å². The van der Waals surface area contributed by atoms with Crippen molar-refractivity contribution < 1.29 is 22.6 Å². The summed E-state index contributed by atoms with van der Waals surface area (Å²) in [5, 5.41) is 7.21. The third-order valence-electron chi connectivity index (χ3n) is 4.57. The molecule has 2 aromatic carbocycles. The van der Waals surface area contributed by atoms with Gasteiger partial charge < -0.3 is 25.1 Å². The van der Waals surface area contributed by atoms with Gasteiger partial charge >= 0.3 is 6.61 Å². The van der Waals surface area contributed by atoms with Gasteiger partial charge in [0.2, 0.25) is 0 Å². The second-order valence-corrected chi connectivity index (χ2v) is 6.46. The van der Waals surface area contributed by atoms with Crippen LogP contribution in [0.3, 0.4) is 0 Å². The molecule has 9 heteroatoms. The molecule has 3 rings (SSSR count). The van der Waals surface area contributed by atoms with E-state index in [0.29, 0.717) is 30.2 Å². The lowest BCUT2D eigenvalue weighted by Crippen LogP contribution is -2.38. The summed E-state index contributed by atoms with van der Waals surface area (Å²) in [4.78, 5) is 7.21. The quantitative estimate of drug-likeness (QED) is 0.383. The number of H-pyrrole nitrogens is 1. The molecule has 1 aromatic heterocycles. The van der Waals surface area contributed by atoms with E-state index >= 15 is 0 Å². The highest BCUT2D eigenvalue weighted by atomic mass is 19.3. The van der Waals surface area contributed by atoms with Crippen molar-refractivity contribution in [2.75, 3.05) is 20.7 Å². The fourth-order valence-electron chi connectivity index (χ4n) is 3.11. The minimum absolute atomic E-state index is 0.0692. The zero-order chi connectivity index (χ0) is 21.5. The summed E-state index contributed by atoms with van der Waals surface area (Å²) in [6.07, 6.45) is 2.54. The summed E-state index contributed by atoms with van der Waals surface area (Å²) < 4.78 is 48.3. The minimum Gasteiger partial charge on any atom is -0.497 e. The highest BCUT2D eigenvalue weighted by Gasteiger charge is 2.12. The maximum absolute atomic E-state index is 13.3. The largest absolute Gasteiger partial charge is 0.497 e. The van der Waals surface area contributed by atoms with Crippen molar-refractivity contribution in [2.24, 2.45) is 4.99 Å². The van der Waals surface area contributed by atoms with Gasteiger partial charge in [0.25, 0.3) is 0 Å².